The fourth-order valence-corrected chi connectivity index (χ4v) is 2.48. The Labute approximate surface area is 143 Å². The van der Waals surface area contributed by atoms with Crippen LogP contribution in [0.25, 0.3) is 10.9 Å². The van der Waals surface area contributed by atoms with Crippen molar-refractivity contribution in [1.29, 1.82) is 0 Å². The van der Waals surface area contributed by atoms with Gasteiger partial charge in [-0.2, -0.15) is 5.10 Å². The van der Waals surface area contributed by atoms with Crippen LogP contribution >= 0.6 is 11.6 Å². The first-order valence-corrected chi connectivity index (χ1v) is 7.60. The number of aromatic nitrogens is 1. The van der Waals surface area contributed by atoms with Crippen molar-refractivity contribution in [3.63, 3.8) is 0 Å². The molecule has 0 spiro atoms. The zero-order chi connectivity index (χ0) is 17.1. The summed E-state index contributed by atoms with van der Waals surface area (Å²) in [6.07, 6.45) is 1.61. The quantitative estimate of drug-likeness (QED) is 0.547. The van der Waals surface area contributed by atoms with Crippen LogP contribution in [-0.2, 0) is 0 Å². The van der Waals surface area contributed by atoms with Crippen molar-refractivity contribution in [2.24, 2.45) is 5.10 Å². The number of hydrogen-bond donors (Lipinski definition) is 2. The van der Waals surface area contributed by atoms with Gasteiger partial charge < -0.3 is 5.11 Å². The van der Waals surface area contributed by atoms with Gasteiger partial charge in [-0.15, -0.1) is 0 Å². The first kappa shape index (κ1) is 16.0. The van der Waals surface area contributed by atoms with Crippen LogP contribution in [0.15, 0.2) is 53.6 Å². The number of hydrogen-bond acceptors (Lipinski definition) is 4. The van der Waals surface area contributed by atoms with Crippen molar-refractivity contribution in [2.45, 2.75) is 6.92 Å². The highest BCUT2D eigenvalue weighted by molar-refractivity contribution is 6.31. The third-order valence-corrected chi connectivity index (χ3v) is 3.76. The fraction of sp³-hybridized carbons (Fsp3) is 0.0556. The summed E-state index contributed by atoms with van der Waals surface area (Å²) in [5.74, 6) is -0.326. The van der Waals surface area contributed by atoms with E-state index in [-0.39, 0.29) is 5.56 Å². The van der Waals surface area contributed by atoms with Gasteiger partial charge >= 0.3 is 5.97 Å². The monoisotopic (exact) mass is 339 g/mol. The Morgan fingerprint density at radius 2 is 1.96 bits per heavy atom. The lowest BCUT2D eigenvalue weighted by atomic mass is 10.1. The van der Waals surface area contributed by atoms with Crippen LogP contribution in [0.4, 0.5) is 5.82 Å². The summed E-state index contributed by atoms with van der Waals surface area (Å²) in [5.41, 5.74) is 5.80. The predicted molar refractivity (Wildman–Crippen MR) is 96.1 cm³/mol. The molecule has 0 saturated carbocycles. The smallest absolute Gasteiger partial charge is 0.335 e. The highest BCUT2D eigenvalue weighted by Gasteiger charge is 2.03. The van der Waals surface area contributed by atoms with Crippen LogP contribution in [0.1, 0.15) is 21.5 Å². The molecule has 0 unspecified atom stereocenters. The number of nitrogens with one attached hydrogen (secondary N) is 1. The molecule has 0 atom stereocenters. The van der Waals surface area contributed by atoms with E-state index in [0.717, 1.165) is 22.0 Å². The van der Waals surface area contributed by atoms with Crippen molar-refractivity contribution in [3.05, 3.63) is 70.2 Å². The minimum atomic E-state index is -0.951. The molecule has 1 heterocycles. The van der Waals surface area contributed by atoms with E-state index in [1.807, 2.05) is 25.1 Å². The minimum Gasteiger partial charge on any atom is -0.478 e. The highest BCUT2D eigenvalue weighted by Crippen LogP contribution is 2.23. The molecule has 3 rings (SSSR count). The van der Waals surface area contributed by atoms with Crippen LogP contribution in [0.5, 0.6) is 0 Å². The number of carboxylic acid groups (broad SMARTS) is 1. The Bertz CT molecular complexity index is 937. The third-order valence-electron chi connectivity index (χ3n) is 3.53. The maximum Gasteiger partial charge on any atom is 0.335 e. The van der Waals surface area contributed by atoms with Gasteiger partial charge in [0.1, 0.15) is 5.82 Å². The summed E-state index contributed by atoms with van der Waals surface area (Å²) in [5, 5.41) is 14.7. The zero-order valence-corrected chi connectivity index (χ0v) is 13.6. The van der Waals surface area contributed by atoms with E-state index in [4.69, 9.17) is 16.7 Å². The first-order valence-electron chi connectivity index (χ1n) is 7.22. The van der Waals surface area contributed by atoms with Gasteiger partial charge in [0, 0.05) is 10.4 Å². The van der Waals surface area contributed by atoms with E-state index in [0.29, 0.717) is 10.8 Å². The van der Waals surface area contributed by atoms with Crippen LogP contribution in [0.2, 0.25) is 5.02 Å². The Morgan fingerprint density at radius 3 is 2.67 bits per heavy atom. The van der Waals surface area contributed by atoms with E-state index in [1.165, 1.54) is 12.1 Å². The molecule has 24 heavy (non-hydrogen) atoms. The predicted octanol–water partition coefficient (Wildman–Crippen LogP) is 4.34. The van der Waals surface area contributed by atoms with Gasteiger partial charge in [0.25, 0.3) is 0 Å². The molecule has 0 saturated heterocycles. The Kier molecular flexibility index (Phi) is 4.44. The Balaban J connectivity index is 1.77. The number of nitrogens with zero attached hydrogens (tertiary/aromatic N) is 2. The molecule has 0 amide bonds. The number of pyridine rings is 1. The second-order valence-corrected chi connectivity index (χ2v) is 5.72. The summed E-state index contributed by atoms with van der Waals surface area (Å²) in [6, 6.07) is 13.9. The number of rotatable bonds is 4. The van der Waals surface area contributed by atoms with Crippen molar-refractivity contribution >= 4 is 40.5 Å². The average molecular weight is 340 g/mol. The van der Waals surface area contributed by atoms with Gasteiger partial charge in [0.15, 0.2) is 0 Å². The lowest BCUT2D eigenvalue weighted by molar-refractivity contribution is 0.0697. The topological polar surface area (TPSA) is 74.6 Å². The van der Waals surface area contributed by atoms with Crippen LogP contribution in [-0.4, -0.2) is 22.3 Å². The summed E-state index contributed by atoms with van der Waals surface area (Å²) in [4.78, 5) is 15.3. The molecule has 0 bridgehead atoms. The molecular formula is C18H14ClN3O2. The van der Waals surface area contributed by atoms with Crippen LogP contribution < -0.4 is 5.43 Å². The lowest BCUT2D eigenvalue weighted by Gasteiger charge is -2.06. The number of halogens is 1. The molecule has 6 heteroatoms. The number of aromatic carboxylic acids is 1. The summed E-state index contributed by atoms with van der Waals surface area (Å²) in [7, 11) is 0. The molecule has 2 aromatic carbocycles. The zero-order valence-electron chi connectivity index (χ0n) is 12.8. The van der Waals surface area contributed by atoms with Gasteiger partial charge in [-0.1, -0.05) is 23.7 Å². The summed E-state index contributed by atoms with van der Waals surface area (Å²) >= 11 is 6.01. The van der Waals surface area contributed by atoms with Gasteiger partial charge in [-0.05, 0) is 54.4 Å². The number of fused-ring (bicyclic) bond motifs is 1. The molecule has 2 N–H and O–H groups in total. The van der Waals surface area contributed by atoms with Crippen molar-refractivity contribution < 1.29 is 9.90 Å². The highest BCUT2D eigenvalue weighted by atomic mass is 35.5. The van der Waals surface area contributed by atoms with Gasteiger partial charge in [-0.3, -0.25) is 5.43 Å². The maximum atomic E-state index is 10.8. The van der Waals surface area contributed by atoms with Crippen LogP contribution in [0.3, 0.4) is 0 Å². The van der Waals surface area contributed by atoms with E-state index in [1.54, 1.807) is 24.4 Å². The van der Waals surface area contributed by atoms with E-state index in [9.17, 15) is 4.79 Å². The molecule has 0 aliphatic carbocycles. The number of benzene rings is 2. The molecule has 5 nitrogen and oxygen atoms in total. The van der Waals surface area contributed by atoms with Crippen LogP contribution in [0, 0.1) is 6.92 Å². The Morgan fingerprint density at radius 1 is 1.21 bits per heavy atom. The van der Waals surface area contributed by atoms with Crippen molar-refractivity contribution in [2.75, 3.05) is 5.43 Å². The van der Waals surface area contributed by atoms with Gasteiger partial charge in [0.05, 0.1) is 17.3 Å². The fourth-order valence-electron chi connectivity index (χ4n) is 2.31. The standard InChI is InChI=1S/C18H14ClN3O2/c1-11-8-17(21-16-7-6-14(19)9-15(11)16)22-20-10-12-2-4-13(5-3-12)18(23)24/h2-10H,1H3,(H,21,22)(H,23,24)/b20-10+. The third kappa shape index (κ3) is 3.52. The normalized spacial score (nSPS) is 11.1. The molecular weight excluding hydrogens is 326 g/mol. The van der Waals surface area contributed by atoms with Crippen molar-refractivity contribution in [3.8, 4) is 0 Å². The molecule has 0 aliphatic rings. The minimum absolute atomic E-state index is 0.241. The Hall–Kier alpha value is -2.92. The first-order chi connectivity index (χ1) is 11.5. The maximum absolute atomic E-state index is 10.8. The van der Waals surface area contributed by atoms with Crippen molar-refractivity contribution in [1.82, 2.24) is 4.98 Å². The molecule has 0 radical (unpaired) electrons. The SMILES string of the molecule is Cc1cc(N/N=C/c2ccc(C(=O)O)cc2)nc2ccc(Cl)cc12. The van der Waals surface area contributed by atoms with Gasteiger partial charge in [-0.25, -0.2) is 9.78 Å². The lowest BCUT2D eigenvalue weighted by Crippen LogP contribution is -1.97. The van der Waals surface area contributed by atoms with Gasteiger partial charge in [0.2, 0.25) is 0 Å². The average Bonchev–Trinajstić information content (AvgIpc) is 2.56. The van der Waals surface area contributed by atoms with E-state index in [2.05, 4.69) is 15.5 Å². The number of carbonyl (C=O) groups is 1. The number of hydrazone groups is 1. The number of carboxylic acids is 1. The molecule has 3 aromatic rings. The second-order valence-electron chi connectivity index (χ2n) is 5.28. The van der Waals surface area contributed by atoms with E-state index >= 15 is 0 Å². The molecule has 1 aromatic heterocycles. The summed E-state index contributed by atoms with van der Waals surface area (Å²) in [6.45, 7) is 1.99. The molecule has 0 aliphatic heterocycles. The second kappa shape index (κ2) is 6.68. The molecule has 120 valence electrons. The molecule has 0 fully saturated rings. The number of aryl methyl sites for hydroxylation is 1. The largest absolute Gasteiger partial charge is 0.478 e. The summed E-state index contributed by atoms with van der Waals surface area (Å²) < 4.78 is 0. The van der Waals surface area contributed by atoms with E-state index < -0.39 is 5.97 Å². The number of anilines is 1.